The Bertz CT molecular complexity index is 570. The van der Waals surface area contributed by atoms with Crippen LogP contribution in [0.1, 0.15) is 29.7 Å². The number of ether oxygens (including phenoxy) is 1. The Hall–Kier alpha value is -1.79. The van der Waals surface area contributed by atoms with Crippen molar-refractivity contribution in [2.45, 2.75) is 31.9 Å². The molecular weight excluding hydrogens is 266 g/mol. The first-order valence-electron chi connectivity index (χ1n) is 7.31. The first kappa shape index (κ1) is 14.2. The Balaban J connectivity index is 1.69. The van der Waals surface area contributed by atoms with Crippen LogP contribution in [0.2, 0.25) is 0 Å². The van der Waals surface area contributed by atoms with E-state index in [4.69, 9.17) is 4.74 Å². The van der Waals surface area contributed by atoms with Gasteiger partial charge in [-0.25, -0.2) is 4.98 Å². The van der Waals surface area contributed by atoms with Crippen molar-refractivity contribution in [3.8, 4) is 0 Å². The number of rotatable bonds is 5. The number of aryl methyl sites for hydroxylation is 1. The quantitative estimate of drug-likeness (QED) is 0.903. The highest BCUT2D eigenvalue weighted by Crippen LogP contribution is 2.31. The van der Waals surface area contributed by atoms with Crippen LogP contribution >= 0.6 is 0 Å². The molecule has 0 aromatic carbocycles. The van der Waals surface area contributed by atoms with Crippen molar-refractivity contribution < 1.29 is 4.74 Å². The van der Waals surface area contributed by atoms with E-state index in [1.54, 1.807) is 7.11 Å². The van der Waals surface area contributed by atoms with Crippen LogP contribution in [-0.2, 0) is 11.2 Å². The van der Waals surface area contributed by atoms with Gasteiger partial charge in [-0.15, -0.1) is 0 Å². The fourth-order valence-electron chi connectivity index (χ4n) is 2.88. The lowest BCUT2D eigenvalue weighted by atomic mass is 10.1. The molecule has 0 aliphatic carbocycles. The largest absolute Gasteiger partial charge is 0.380 e. The summed E-state index contributed by atoms with van der Waals surface area (Å²) >= 11 is 0. The third kappa shape index (κ3) is 3.28. The van der Waals surface area contributed by atoms with Crippen molar-refractivity contribution in [1.29, 1.82) is 0 Å². The number of pyridine rings is 1. The predicted octanol–water partition coefficient (Wildman–Crippen LogP) is 1.51. The minimum atomic E-state index is 0.238. The molecule has 3 heterocycles. The van der Waals surface area contributed by atoms with Crippen LogP contribution in [0.15, 0.2) is 24.5 Å². The van der Waals surface area contributed by atoms with E-state index in [2.05, 4.69) is 37.2 Å². The number of hydrogen-bond donors (Lipinski definition) is 1. The second-order valence-corrected chi connectivity index (χ2v) is 5.49. The second-order valence-electron chi connectivity index (χ2n) is 5.49. The first-order chi connectivity index (χ1) is 10.3. The molecule has 112 valence electrons. The molecule has 1 aliphatic rings. The number of H-pyrrole nitrogens is 1. The average Bonchev–Trinajstić information content (AvgIpc) is 3.12. The summed E-state index contributed by atoms with van der Waals surface area (Å²) in [6.45, 7) is 3.84. The molecule has 0 amide bonds. The maximum atomic E-state index is 5.53. The zero-order valence-electron chi connectivity index (χ0n) is 12.5. The van der Waals surface area contributed by atoms with Crippen LogP contribution in [0.25, 0.3) is 0 Å². The lowest BCUT2D eigenvalue weighted by Crippen LogP contribution is -2.28. The molecule has 2 aromatic rings. The molecule has 6 heteroatoms. The van der Waals surface area contributed by atoms with Crippen LogP contribution in [-0.4, -0.2) is 51.4 Å². The van der Waals surface area contributed by atoms with Crippen molar-refractivity contribution >= 4 is 0 Å². The minimum Gasteiger partial charge on any atom is -0.380 e. The summed E-state index contributed by atoms with van der Waals surface area (Å²) in [7, 11) is 1.78. The molecule has 3 rings (SSSR count). The topological polar surface area (TPSA) is 66.9 Å². The summed E-state index contributed by atoms with van der Waals surface area (Å²) in [5.74, 6) is 1.74. The van der Waals surface area contributed by atoms with Gasteiger partial charge in [-0.3, -0.25) is 15.0 Å². The molecule has 6 nitrogen and oxygen atoms in total. The minimum absolute atomic E-state index is 0.238. The van der Waals surface area contributed by atoms with Crippen LogP contribution in [0.3, 0.4) is 0 Å². The van der Waals surface area contributed by atoms with E-state index in [0.29, 0.717) is 0 Å². The highest BCUT2D eigenvalue weighted by atomic mass is 16.5. The van der Waals surface area contributed by atoms with Gasteiger partial charge in [0, 0.05) is 32.6 Å². The number of likely N-dealkylation sites (tertiary alicyclic amines) is 1. The number of nitrogens with one attached hydrogen (secondary N) is 1. The van der Waals surface area contributed by atoms with Gasteiger partial charge in [-0.05, 0) is 37.5 Å². The molecule has 1 aliphatic heterocycles. The monoisotopic (exact) mass is 287 g/mol. The molecule has 0 saturated carbocycles. The Labute approximate surface area is 124 Å². The maximum Gasteiger partial charge on any atom is 0.167 e. The zero-order valence-corrected chi connectivity index (χ0v) is 12.5. The van der Waals surface area contributed by atoms with Gasteiger partial charge in [0.1, 0.15) is 5.82 Å². The third-order valence-corrected chi connectivity index (χ3v) is 4.05. The highest BCUT2D eigenvalue weighted by Gasteiger charge is 2.35. The fraction of sp³-hybridized carbons (Fsp3) is 0.533. The van der Waals surface area contributed by atoms with Crippen molar-refractivity contribution in [1.82, 2.24) is 25.1 Å². The van der Waals surface area contributed by atoms with Crippen molar-refractivity contribution in [2.24, 2.45) is 0 Å². The molecule has 1 saturated heterocycles. The van der Waals surface area contributed by atoms with Gasteiger partial charge in [-0.2, -0.15) is 5.10 Å². The number of nitrogens with zero attached hydrogens (tertiary/aromatic N) is 4. The van der Waals surface area contributed by atoms with Crippen LogP contribution in [0, 0.1) is 6.92 Å². The smallest absolute Gasteiger partial charge is 0.167 e. The van der Waals surface area contributed by atoms with Gasteiger partial charge >= 0.3 is 0 Å². The van der Waals surface area contributed by atoms with Crippen molar-refractivity contribution in [2.75, 3.05) is 20.2 Å². The standard InChI is InChI=1S/C15H21N5O/c1-11-17-15(19-18-11)14-9-13(21-2)10-20(14)8-5-12-3-6-16-7-4-12/h3-4,6-7,13-14H,5,8-10H2,1-2H3,(H,17,18,19)/t13-,14+/m1/s1. The Morgan fingerprint density at radius 1 is 1.38 bits per heavy atom. The van der Waals surface area contributed by atoms with Crippen molar-refractivity contribution in [3.63, 3.8) is 0 Å². The molecule has 0 spiro atoms. The molecule has 2 aromatic heterocycles. The average molecular weight is 287 g/mol. The predicted molar refractivity (Wildman–Crippen MR) is 78.8 cm³/mol. The summed E-state index contributed by atoms with van der Waals surface area (Å²) in [4.78, 5) is 11.0. The number of methoxy groups -OCH3 is 1. The van der Waals surface area contributed by atoms with E-state index in [9.17, 15) is 0 Å². The summed E-state index contributed by atoms with van der Waals surface area (Å²) in [5.41, 5.74) is 1.30. The second kappa shape index (κ2) is 6.32. The SMILES string of the molecule is CO[C@@H]1C[C@@H](c2n[nH]c(C)n2)N(CCc2ccncc2)C1. The van der Waals surface area contributed by atoms with E-state index in [0.717, 1.165) is 37.6 Å². The molecule has 0 radical (unpaired) electrons. The lowest BCUT2D eigenvalue weighted by molar-refractivity contribution is 0.108. The summed E-state index contributed by atoms with van der Waals surface area (Å²) < 4.78 is 5.53. The summed E-state index contributed by atoms with van der Waals surface area (Å²) in [6, 6.07) is 4.37. The third-order valence-electron chi connectivity index (χ3n) is 4.05. The summed E-state index contributed by atoms with van der Waals surface area (Å²) in [5, 5.41) is 7.26. The first-order valence-corrected chi connectivity index (χ1v) is 7.31. The number of aromatic nitrogens is 4. The maximum absolute atomic E-state index is 5.53. The lowest BCUT2D eigenvalue weighted by Gasteiger charge is -2.21. The zero-order chi connectivity index (χ0) is 14.7. The fourth-order valence-corrected chi connectivity index (χ4v) is 2.88. The van der Waals surface area contributed by atoms with E-state index < -0.39 is 0 Å². The Kier molecular flexibility index (Phi) is 4.26. The van der Waals surface area contributed by atoms with Crippen LogP contribution < -0.4 is 0 Å². The van der Waals surface area contributed by atoms with Gasteiger partial charge in [0.25, 0.3) is 0 Å². The molecule has 0 bridgehead atoms. The van der Waals surface area contributed by atoms with Gasteiger partial charge in [0.2, 0.25) is 0 Å². The van der Waals surface area contributed by atoms with E-state index >= 15 is 0 Å². The van der Waals surface area contributed by atoms with Crippen LogP contribution in [0.4, 0.5) is 0 Å². The van der Waals surface area contributed by atoms with Gasteiger partial charge in [-0.1, -0.05) is 0 Å². The number of hydrogen-bond acceptors (Lipinski definition) is 5. The highest BCUT2D eigenvalue weighted by molar-refractivity contribution is 5.11. The van der Waals surface area contributed by atoms with E-state index in [1.807, 2.05) is 19.3 Å². The van der Waals surface area contributed by atoms with Gasteiger partial charge in [0.15, 0.2) is 5.82 Å². The summed E-state index contributed by atoms with van der Waals surface area (Å²) in [6.07, 6.45) is 5.88. The Morgan fingerprint density at radius 2 is 2.19 bits per heavy atom. The molecule has 2 atom stereocenters. The normalized spacial score (nSPS) is 22.8. The van der Waals surface area contributed by atoms with Crippen molar-refractivity contribution in [3.05, 3.63) is 41.7 Å². The van der Waals surface area contributed by atoms with Crippen LogP contribution in [0.5, 0.6) is 0 Å². The molecule has 0 unspecified atom stereocenters. The van der Waals surface area contributed by atoms with Gasteiger partial charge < -0.3 is 4.74 Å². The molecular formula is C15H21N5O. The molecule has 1 fully saturated rings. The molecule has 21 heavy (non-hydrogen) atoms. The molecule has 1 N–H and O–H groups in total. The van der Waals surface area contributed by atoms with Gasteiger partial charge in [0.05, 0.1) is 12.1 Å². The Morgan fingerprint density at radius 3 is 2.86 bits per heavy atom. The number of aromatic amines is 1. The van der Waals surface area contributed by atoms with E-state index in [-0.39, 0.29) is 12.1 Å². The van der Waals surface area contributed by atoms with E-state index in [1.165, 1.54) is 5.56 Å².